The zero-order valence-corrected chi connectivity index (χ0v) is 29.5. The quantitative estimate of drug-likeness (QED) is 0.0966. The van der Waals surface area contributed by atoms with Gasteiger partial charge in [-0.3, -0.25) is 4.79 Å². The molecule has 300 valence electrons. The summed E-state index contributed by atoms with van der Waals surface area (Å²) in [4.78, 5) is 26.9. The average Bonchev–Trinajstić information content (AvgIpc) is 3.58. The monoisotopic (exact) mass is 800 g/mol. The second-order valence-corrected chi connectivity index (χ2v) is 12.0. The number of carbonyl (C=O) groups is 2. The number of amides is 1. The fourth-order valence-corrected chi connectivity index (χ4v) is 5.14. The normalized spacial score (nSPS) is 12.4. The first-order valence-electron chi connectivity index (χ1n) is 16.3. The number of nitrogen functional groups attached to an aromatic ring is 1. The summed E-state index contributed by atoms with van der Waals surface area (Å²) >= 11 is 0. The van der Waals surface area contributed by atoms with Crippen LogP contribution in [0.15, 0.2) is 79.0 Å². The van der Waals surface area contributed by atoms with Crippen LogP contribution in [0.2, 0.25) is 0 Å². The van der Waals surface area contributed by atoms with E-state index in [-0.39, 0.29) is 34.6 Å². The highest BCUT2D eigenvalue weighted by molar-refractivity contribution is 5.94. The lowest BCUT2D eigenvalue weighted by atomic mass is 10.0. The van der Waals surface area contributed by atoms with Crippen molar-refractivity contribution in [2.75, 3.05) is 17.7 Å². The zero-order valence-electron chi connectivity index (χ0n) is 29.5. The molecule has 2 heterocycles. The van der Waals surface area contributed by atoms with Gasteiger partial charge in [-0.15, -0.1) is 0 Å². The number of pyridine rings is 1. The molecule has 2 aromatic heterocycles. The van der Waals surface area contributed by atoms with Crippen molar-refractivity contribution in [3.8, 4) is 17.2 Å². The minimum Gasteiger partial charge on any atom is -0.490 e. The molecular weight excluding hydrogens is 767 g/mol. The zero-order chi connectivity index (χ0) is 41.6. The number of nitrogens with one attached hydrogen (secondary N) is 2. The number of benzene rings is 3. The van der Waals surface area contributed by atoms with Crippen LogP contribution in [0.3, 0.4) is 0 Å². The van der Waals surface area contributed by atoms with Crippen LogP contribution in [0.5, 0.6) is 11.5 Å². The second kappa shape index (κ2) is 17.1. The fraction of sp³-hybridized carbons (Fsp3) is 0.278. The molecule has 0 spiro atoms. The molecule has 5 rings (SSSR count). The first-order valence-corrected chi connectivity index (χ1v) is 16.3. The van der Waals surface area contributed by atoms with E-state index in [9.17, 15) is 44.3 Å². The number of carboxylic acid groups (broad SMARTS) is 1. The van der Waals surface area contributed by atoms with Crippen LogP contribution >= 0.6 is 0 Å². The maximum Gasteiger partial charge on any atom is 0.490 e. The van der Waals surface area contributed by atoms with E-state index < -0.39 is 47.8 Å². The van der Waals surface area contributed by atoms with Crippen LogP contribution in [-0.2, 0) is 28.5 Å². The Kier molecular flexibility index (Phi) is 13.0. The molecule has 0 saturated heterocycles. The Morgan fingerprint density at radius 3 is 2.18 bits per heavy atom. The van der Waals surface area contributed by atoms with Crippen LogP contribution in [0.1, 0.15) is 49.3 Å². The second-order valence-electron chi connectivity index (χ2n) is 12.0. The Morgan fingerprint density at radius 1 is 0.893 bits per heavy atom. The Bertz CT molecular complexity index is 2170. The summed E-state index contributed by atoms with van der Waals surface area (Å²) in [5, 5.41) is 17.7. The molecule has 0 fully saturated rings. The molecule has 0 bridgehead atoms. The van der Waals surface area contributed by atoms with E-state index in [1.165, 1.54) is 24.3 Å². The minimum absolute atomic E-state index is 0.0504. The molecule has 1 atom stereocenters. The maximum atomic E-state index is 14.0. The van der Waals surface area contributed by atoms with Crippen molar-refractivity contribution in [2.24, 2.45) is 0 Å². The van der Waals surface area contributed by atoms with Crippen molar-refractivity contribution < 1.29 is 63.7 Å². The van der Waals surface area contributed by atoms with Crippen LogP contribution < -0.4 is 25.8 Å². The highest BCUT2D eigenvalue weighted by atomic mass is 19.4. The van der Waals surface area contributed by atoms with Gasteiger partial charge in [-0.2, -0.15) is 44.6 Å². The Hall–Kier alpha value is -6.21. The van der Waals surface area contributed by atoms with Crippen molar-refractivity contribution in [1.82, 2.24) is 20.1 Å². The Labute approximate surface area is 312 Å². The number of alkyl halides is 9. The third kappa shape index (κ3) is 10.7. The predicted molar refractivity (Wildman–Crippen MR) is 185 cm³/mol. The molecule has 5 N–H and O–H groups in total. The van der Waals surface area contributed by atoms with Gasteiger partial charge in [0, 0.05) is 29.9 Å². The lowest BCUT2D eigenvalue weighted by Gasteiger charge is -2.23. The molecule has 0 aliphatic carbocycles. The molecule has 11 nitrogen and oxygen atoms in total. The van der Waals surface area contributed by atoms with E-state index in [1.807, 2.05) is 13.8 Å². The van der Waals surface area contributed by atoms with Gasteiger partial charge in [0.25, 0.3) is 0 Å². The van der Waals surface area contributed by atoms with Gasteiger partial charge in [0.05, 0.1) is 18.4 Å². The van der Waals surface area contributed by atoms with Gasteiger partial charge in [0.15, 0.2) is 17.2 Å². The van der Waals surface area contributed by atoms with Gasteiger partial charge in [-0.25, -0.2) is 14.5 Å². The number of hydrogen-bond acceptors (Lipinski definition) is 8. The number of carbonyl (C=O) groups excluding carboxylic acids is 1. The SMILES string of the molecule is CCOc1cc(C(Nc2ccc3c(N)nccc3c2)C(=O)NCc2ccccc2-n2nc(C(F)(F)F)cc2C(F)(F)F)ccc1OC(C)C.O=C(O)C(F)(F)F. The molecule has 5 aromatic rings. The van der Waals surface area contributed by atoms with Gasteiger partial charge in [-0.1, -0.05) is 24.3 Å². The van der Waals surface area contributed by atoms with Gasteiger partial charge in [0.2, 0.25) is 5.91 Å². The molecule has 3 aromatic carbocycles. The molecule has 0 radical (unpaired) electrons. The van der Waals surface area contributed by atoms with E-state index >= 15 is 0 Å². The molecule has 0 aliphatic heterocycles. The van der Waals surface area contributed by atoms with E-state index in [2.05, 4.69) is 20.7 Å². The predicted octanol–water partition coefficient (Wildman–Crippen LogP) is 8.33. The summed E-state index contributed by atoms with van der Waals surface area (Å²) in [6.45, 7) is 5.46. The first kappa shape index (κ1) is 42.5. The van der Waals surface area contributed by atoms with Crippen LogP contribution in [0, 0.1) is 0 Å². The van der Waals surface area contributed by atoms with E-state index in [1.54, 1.807) is 55.6 Å². The first-order chi connectivity index (χ1) is 26.1. The maximum absolute atomic E-state index is 14.0. The van der Waals surface area contributed by atoms with Crippen molar-refractivity contribution >= 4 is 34.2 Å². The van der Waals surface area contributed by atoms with Crippen molar-refractivity contribution in [3.05, 3.63) is 102 Å². The van der Waals surface area contributed by atoms with Gasteiger partial charge in [0.1, 0.15) is 17.6 Å². The highest BCUT2D eigenvalue weighted by Gasteiger charge is 2.42. The largest absolute Gasteiger partial charge is 0.490 e. The van der Waals surface area contributed by atoms with Crippen molar-refractivity contribution in [2.45, 2.75) is 58.0 Å². The standard InChI is InChI=1S/C34H32F6N6O3.C2HF3O2/c1-4-48-27-16-21(9-12-26(27)49-19(2)3)30(44-23-10-11-24-20(15-23)13-14-42-31(24)41)32(47)43-18-22-7-5-6-8-25(22)46-29(34(38,39)40)17-28(45-46)33(35,36)37;3-2(4,5)1(6)7/h5-17,19,30,44H,4,18H2,1-3H3,(H2,41,42)(H,43,47);(H,6,7). The molecule has 1 unspecified atom stereocenters. The third-order valence-corrected chi connectivity index (χ3v) is 7.54. The number of nitrogens with zero attached hydrogens (tertiary/aromatic N) is 3. The molecule has 20 heteroatoms. The van der Waals surface area contributed by atoms with Gasteiger partial charge >= 0.3 is 24.5 Å². The number of fused-ring (bicyclic) bond motifs is 1. The lowest BCUT2D eigenvalue weighted by Crippen LogP contribution is -2.33. The summed E-state index contributed by atoms with van der Waals surface area (Å²) in [6.07, 6.45) is -14.0. The topological polar surface area (TPSA) is 154 Å². The Morgan fingerprint density at radius 2 is 1.57 bits per heavy atom. The van der Waals surface area contributed by atoms with Crippen LogP contribution in [-0.4, -0.2) is 50.6 Å². The fourth-order valence-electron chi connectivity index (χ4n) is 5.14. The molecule has 56 heavy (non-hydrogen) atoms. The smallest absolute Gasteiger partial charge is 0.490 e. The number of anilines is 2. The van der Waals surface area contributed by atoms with Crippen molar-refractivity contribution in [3.63, 3.8) is 0 Å². The minimum atomic E-state index is -5.15. The number of aromatic nitrogens is 3. The van der Waals surface area contributed by atoms with E-state index in [0.717, 1.165) is 5.39 Å². The molecule has 1 amide bonds. The summed E-state index contributed by atoms with van der Waals surface area (Å²) in [7, 11) is 0. The molecule has 0 saturated carbocycles. The highest BCUT2D eigenvalue weighted by Crippen LogP contribution is 2.37. The summed E-state index contributed by atoms with van der Waals surface area (Å²) < 4.78 is 125. The number of ether oxygens (including phenoxy) is 2. The summed E-state index contributed by atoms with van der Waals surface area (Å²) in [6, 6.07) is 16.3. The number of para-hydroxylation sites is 1. The number of nitrogens with two attached hydrogens (primary N) is 1. The number of rotatable bonds is 11. The summed E-state index contributed by atoms with van der Waals surface area (Å²) in [5.41, 5.74) is 3.47. The third-order valence-electron chi connectivity index (χ3n) is 7.54. The number of carboxylic acids is 1. The summed E-state index contributed by atoms with van der Waals surface area (Å²) in [5.74, 6) is -2.19. The number of aliphatic carboxylic acids is 1. The van der Waals surface area contributed by atoms with Crippen molar-refractivity contribution in [1.29, 1.82) is 0 Å². The van der Waals surface area contributed by atoms with Gasteiger partial charge in [-0.05, 0) is 79.7 Å². The van der Waals surface area contributed by atoms with E-state index in [4.69, 9.17) is 25.1 Å². The van der Waals surface area contributed by atoms with Crippen LogP contribution in [0.4, 0.5) is 51.0 Å². The Balaban J connectivity index is 0.000000908. The molecular formula is C36H33F9N6O5. The molecule has 0 aliphatic rings. The average molecular weight is 801 g/mol. The number of halogens is 9. The van der Waals surface area contributed by atoms with Crippen LogP contribution in [0.25, 0.3) is 16.5 Å². The van der Waals surface area contributed by atoms with E-state index in [0.29, 0.717) is 40.6 Å². The lowest BCUT2D eigenvalue weighted by molar-refractivity contribution is -0.192. The number of hydrogen-bond donors (Lipinski definition) is 4. The van der Waals surface area contributed by atoms with Gasteiger partial charge < -0.3 is 30.9 Å².